The number of hydrogen-bond acceptors (Lipinski definition) is 2. The summed E-state index contributed by atoms with van der Waals surface area (Å²) in [5.74, 6) is 0. The number of carbonyl (C=O) groups excluding carboxylic acids is 1. The van der Waals surface area contributed by atoms with Gasteiger partial charge < -0.3 is 0 Å². The Hall–Kier alpha value is -1.45. The van der Waals surface area contributed by atoms with Crippen LogP contribution in [0.4, 0.5) is 5.69 Å². The van der Waals surface area contributed by atoms with Crippen LogP contribution < -0.4 is 4.31 Å². The second-order valence-corrected chi connectivity index (χ2v) is 4.80. The number of nitrogens with zero attached hydrogens (tertiary/aromatic N) is 1. The second kappa shape index (κ2) is 5.75. The third-order valence-corrected chi connectivity index (χ3v) is 3.35. The van der Waals surface area contributed by atoms with E-state index in [4.69, 9.17) is 11.6 Å². The van der Waals surface area contributed by atoms with Gasteiger partial charge in [-0.15, -0.1) is 0 Å². The maximum absolute atomic E-state index is 11.1. The highest BCUT2D eigenvalue weighted by Crippen LogP contribution is 2.27. The third-order valence-electron chi connectivity index (χ3n) is 2.12. The van der Waals surface area contributed by atoms with E-state index in [1.54, 1.807) is 16.4 Å². The van der Waals surface area contributed by atoms with E-state index in [0.29, 0.717) is 5.02 Å². The average Bonchev–Trinajstić information content (AvgIpc) is 2.39. The number of hydrogen-bond donors (Lipinski definition) is 0. The Labute approximate surface area is 109 Å². The van der Waals surface area contributed by atoms with Gasteiger partial charge in [-0.25, -0.2) is 0 Å². The van der Waals surface area contributed by atoms with Crippen molar-refractivity contribution >= 4 is 35.6 Å². The Balaban J connectivity index is 2.16. The van der Waals surface area contributed by atoms with E-state index in [1.807, 2.05) is 42.5 Å². The predicted octanol–water partition coefficient (Wildman–Crippen LogP) is 4.01. The standard InChI is InChI=1S/C13H10ClNOS/c14-11-6-8-13(9-7-11)17-15(10-16)12-4-2-1-3-5-12/h1-10H. The number of rotatable bonds is 4. The second-order valence-electron chi connectivity index (χ2n) is 3.31. The number of halogens is 1. The van der Waals surface area contributed by atoms with E-state index in [9.17, 15) is 4.79 Å². The summed E-state index contributed by atoms with van der Waals surface area (Å²) in [5.41, 5.74) is 0.849. The van der Waals surface area contributed by atoms with E-state index >= 15 is 0 Å². The molecule has 0 atom stereocenters. The number of carbonyl (C=O) groups is 1. The molecule has 0 aliphatic carbocycles. The van der Waals surface area contributed by atoms with Crippen LogP contribution in [-0.4, -0.2) is 6.41 Å². The highest BCUT2D eigenvalue weighted by molar-refractivity contribution is 8.01. The van der Waals surface area contributed by atoms with Gasteiger partial charge in [0.2, 0.25) is 6.41 Å². The minimum absolute atomic E-state index is 0.687. The monoisotopic (exact) mass is 263 g/mol. The van der Waals surface area contributed by atoms with Crippen molar-refractivity contribution in [3.63, 3.8) is 0 Å². The van der Waals surface area contributed by atoms with Gasteiger partial charge in [0.05, 0.1) is 5.69 Å². The Kier molecular flexibility index (Phi) is 4.07. The highest BCUT2D eigenvalue weighted by Gasteiger charge is 2.06. The topological polar surface area (TPSA) is 20.3 Å². The van der Waals surface area contributed by atoms with Crippen molar-refractivity contribution in [3.8, 4) is 0 Å². The molecule has 0 spiro atoms. The van der Waals surface area contributed by atoms with E-state index in [2.05, 4.69) is 0 Å². The molecule has 86 valence electrons. The van der Waals surface area contributed by atoms with Gasteiger partial charge >= 0.3 is 0 Å². The molecular weight excluding hydrogens is 254 g/mol. The molecule has 0 bridgehead atoms. The molecule has 17 heavy (non-hydrogen) atoms. The van der Waals surface area contributed by atoms with Crippen molar-refractivity contribution in [1.29, 1.82) is 0 Å². The summed E-state index contributed by atoms with van der Waals surface area (Å²) in [4.78, 5) is 12.0. The molecule has 2 aromatic rings. The molecule has 0 heterocycles. The van der Waals surface area contributed by atoms with Crippen LogP contribution in [0, 0.1) is 0 Å². The van der Waals surface area contributed by atoms with Crippen molar-refractivity contribution in [3.05, 3.63) is 59.6 Å². The molecule has 4 heteroatoms. The van der Waals surface area contributed by atoms with Crippen LogP contribution >= 0.6 is 23.5 Å². The predicted molar refractivity (Wildman–Crippen MR) is 72.3 cm³/mol. The zero-order valence-electron chi connectivity index (χ0n) is 8.92. The first-order valence-electron chi connectivity index (χ1n) is 5.03. The van der Waals surface area contributed by atoms with E-state index < -0.39 is 0 Å². The molecule has 0 fully saturated rings. The number of para-hydroxylation sites is 1. The van der Waals surface area contributed by atoms with Crippen LogP contribution in [0.25, 0.3) is 0 Å². The van der Waals surface area contributed by atoms with Crippen molar-refractivity contribution in [2.75, 3.05) is 4.31 Å². The van der Waals surface area contributed by atoms with Gasteiger partial charge in [0.1, 0.15) is 0 Å². The van der Waals surface area contributed by atoms with Crippen LogP contribution in [0.15, 0.2) is 59.5 Å². The molecule has 2 nitrogen and oxygen atoms in total. The maximum atomic E-state index is 11.1. The van der Waals surface area contributed by atoms with E-state index in [-0.39, 0.29) is 0 Å². The quantitative estimate of drug-likeness (QED) is 0.614. The third kappa shape index (κ3) is 3.25. The molecule has 0 saturated heterocycles. The lowest BCUT2D eigenvalue weighted by atomic mass is 10.3. The van der Waals surface area contributed by atoms with Gasteiger partial charge in [0.15, 0.2) is 0 Å². The van der Waals surface area contributed by atoms with E-state index in [1.165, 1.54) is 11.9 Å². The normalized spacial score (nSPS) is 9.94. The Bertz CT molecular complexity index is 487. The molecule has 0 radical (unpaired) electrons. The molecule has 2 aromatic carbocycles. The van der Waals surface area contributed by atoms with E-state index in [0.717, 1.165) is 17.0 Å². The lowest BCUT2D eigenvalue weighted by Crippen LogP contribution is -2.10. The highest BCUT2D eigenvalue weighted by atomic mass is 35.5. The first-order valence-corrected chi connectivity index (χ1v) is 6.18. The summed E-state index contributed by atoms with van der Waals surface area (Å²) < 4.78 is 1.57. The lowest BCUT2D eigenvalue weighted by Gasteiger charge is -2.15. The number of anilines is 1. The van der Waals surface area contributed by atoms with Crippen molar-refractivity contribution in [1.82, 2.24) is 0 Å². The number of benzene rings is 2. The van der Waals surface area contributed by atoms with Crippen LogP contribution in [0.5, 0.6) is 0 Å². The molecule has 0 aromatic heterocycles. The fraction of sp³-hybridized carbons (Fsp3) is 0. The minimum Gasteiger partial charge on any atom is -0.277 e. The molecule has 0 N–H and O–H groups in total. The fourth-order valence-electron chi connectivity index (χ4n) is 1.32. The molecule has 0 aliphatic heterocycles. The van der Waals surface area contributed by atoms with Crippen LogP contribution in [0.1, 0.15) is 0 Å². The van der Waals surface area contributed by atoms with Crippen LogP contribution in [0.2, 0.25) is 5.02 Å². The first-order chi connectivity index (χ1) is 8.29. The first kappa shape index (κ1) is 12.0. The average molecular weight is 264 g/mol. The van der Waals surface area contributed by atoms with Gasteiger partial charge in [-0.1, -0.05) is 29.8 Å². The number of amides is 1. The molecular formula is C13H10ClNOS. The zero-order valence-corrected chi connectivity index (χ0v) is 10.5. The van der Waals surface area contributed by atoms with Gasteiger partial charge in [-0.05, 0) is 48.3 Å². The summed E-state index contributed by atoms with van der Waals surface area (Å²) in [6, 6.07) is 16.9. The minimum atomic E-state index is 0.687. The zero-order chi connectivity index (χ0) is 12.1. The summed E-state index contributed by atoms with van der Waals surface area (Å²) in [6.45, 7) is 0. The summed E-state index contributed by atoms with van der Waals surface area (Å²) in [6.07, 6.45) is 0.800. The SMILES string of the molecule is O=CN(Sc1ccc(Cl)cc1)c1ccccc1. The Morgan fingerprint density at radius 2 is 1.65 bits per heavy atom. The lowest BCUT2D eigenvalue weighted by molar-refractivity contribution is -0.106. The largest absolute Gasteiger partial charge is 0.277 e. The Morgan fingerprint density at radius 1 is 1.00 bits per heavy atom. The van der Waals surface area contributed by atoms with Crippen LogP contribution in [0.3, 0.4) is 0 Å². The summed E-state index contributed by atoms with van der Waals surface area (Å²) in [7, 11) is 0. The van der Waals surface area contributed by atoms with Gasteiger partial charge in [0, 0.05) is 9.92 Å². The molecule has 0 saturated carbocycles. The summed E-state index contributed by atoms with van der Waals surface area (Å²) >= 11 is 7.16. The summed E-state index contributed by atoms with van der Waals surface area (Å²) in [5, 5.41) is 0.687. The molecule has 1 amide bonds. The molecule has 0 unspecified atom stereocenters. The maximum Gasteiger partial charge on any atom is 0.224 e. The molecule has 2 rings (SSSR count). The van der Waals surface area contributed by atoms with Crippen molar-refractivity contribution in [2.24, 2.45) is 0 Å². The van der Waals surface area contributed by atoms with Crippen molar-refractivity contribution in [2.45, 2.75) is 4.90 Å². The Morgan fingerprint density at radius 3 is 2.24 bits per heavy atom. The van der Waals surface area contributed by atoms with Crippen LogP contribution in [-0.2, 0) is 4.79 Å². The molecule has 0 aliphatic rings. The van der Waals surface area contributed by atoms with Gasteiger partial charge in [-0.2, -0.15) is 0 Å². The smallest absolute Gasteiger partial charge is 0.224 e. The van der Waals surface area contributed by atoms with Gasteiger partial charge in [0.25, 0.3) is 0 Å². The van der Waals surface area contributed by atoms with Gasteiger partial charge in [-0.3, -0.25) is 9.10 Å². The fourth-order valence-corrected chi connectivity index (χ4v) is 2.20. The van der Waals surface area contributed by atoms with Crippen molar-refractivity contribution < 1.29 is 4.79 Å².